The molecule has 4 rings (SSSR count). The first-order valence-corrected chi connectivity index (χ1v) is 10.2. The molecule has 2 aromatic rings. The van der Waals surface area contributed by atoms with Gasteiger partial charge in [0.15, 0.2) is 6.10 Å². The number of amides is 2. The van der Waals surface area contributed by atoms with E-state index in [0.717, 1.165) is 37.7 Å². The van der Waals surface area contributed by atoms with Gasteiger partial charge in [-0.15, -0.1) is 0 Å². The van der Waals surface area contributed by atoms with E-state index < -0.39 is 11.6 Å². The molecule has 1 N–H and O–H groups in total. The lowest BCUT2D eigenvalue weighted by molar-refractivity contribution is -0.187. The molecule has 0 radical (unpaired) electrons. The van der Waals surface area contributed by atoms with Crippen molar-refractivity contribution in [2.75, 3.05) is 6.54 Å². The summed E-state index contributed by atoms with van der Waals surface area (Å²) in [6.45, 7) is 0.229. The highest BCUT2D eigenvalue weighted by molar-refractivity contribution is 5.94. The average molecular weight is 414 g/mol. The van der Waals surface area contributed by atoms with Crippen LogP contribution in [0.25, 0.3) is 0 Å². The molecule has 2 fully saturated rings. The van der Waals surface area contributed by atoms with Crippen molar-refractivity contribution in [3.05, 3.63) is 65.7 Å². The van der Waals surface area contributed by atoms with Crippen LogP contribution in [0.5, 0.6) is 5.75 Å². The average Bonchev–Trinajstić information content (AvgIpc) is 2.77. The van der Waals surface area contributed by atoms with E-state index in [0.29, 0.717) is 5.75 Å². The van der Waals surface area contributed by atoms with Gasteiger partial charge in [-0.3, -0.25) is 9.59 Å². The normalized spacial score (nSPS) is 20.0. The molecule has 2 aliphatic rings. The van der Waals surface area contributed by atoms with Crippen molar-refractivity contribution in [3.63, 3.8) is 0 Å². The molecule has 1 saturated heterocycles. The van der Waals surface area contributed by atoms with Crippen LogP contribution in [0.2, 0.25) is 0 Å². The number of likely N-dealkylation sites (tertiary alicyclic amines) is 1. The SMILES string of the molecule is O=C(CN1C(=O)C(Oc2ccc(F)cc2)C12CCCCC2)NCc1ccc(F)cc1. The number of ether oxygens (including phenoxy) is 1. The van der Waals surface area contributed by atoms with Gasteiger partial charge in [0.25, 0.3) is 5.91 Å². The number of halogens is 2. The van der Waals surface area contributed by atoms with Gasteiger partial charge in [0.2, 0.25) is 5.91 Å². The molecule has 1 aliphatic carbocycles. The van der Waals surface area contributed by atoms with Gasteiger partial charge in [-0.25, -0.2) is 8.78 Å². The molecule has 1 aliphatic heterocycles. The number of carbonyl (C=O) groups excluding carboxylic acids is 2. The second-order valence-electron chi connectivity index (χ2n) is 7.94. The summed E-state index contributed by atoms with van der Waals surface area (Å²) in [7, 11) is 0. The molecule has 1 atom stereocenters. The smallest absolute Gasteiger partial charge is 0.267 e. The van der Waals surface area contributed by atoms with Crippen LogP contribution in [-0.4, -0.2) is 34.9 Å². The van der Waals surface area contributed by atoms with Crippen LogP contribution < -0.4 is 10.1 Å². The van der Waals surface area contributed by atoms with Gasteiger partial charge >= 0.3 is 0 Å². The Hall–Kier alpha value is -2.96. The van der Waals surface area contributed by atoms with E-state index in [1.807, 2.05) is 0 Å². The van der Waals surface area contributed by atoms with Crippen LogP contribution in [0.15, 0.2) is 48.5 Å². The van der Waals surface area contributed by atoms with Crippen molar-refractivity contribution in [2.24, 2.45) is 0 Å². The van der Waals surface area contributed by atoms with Crippen molar-refractivity contribution in [3.8, 4) is 5.75 Å². The number of hydrogen-bond donors (Lipinski definition) is 1. The van der Waals surface area contributed by atoms with E-state index in [2.05, 4.69) is 5.32 Å². The van der Waals surface area contributed by atoms with Gasteiger partial charge in [0, 0.05) is 6.54 Å². The van der Waals surface area contributed by atoms with Gasteiger partial charge in [0.1, 0.15) is 23.9 Å². The Kier molecular flexibility index (Phi) is 5.70. The summed E-state index contributed by atoms with van der Waals surface area (Å²) in [5.74, 6) is -0.743. The Balaban J connectivity index is 1.41. The Morgan fingerprint density at radius 1 is 1.00 bits per heavy atom. The third-order valence-corrected chi connectivity index (χ3v) is 6.01. The van der Waals surface area contributed by atoms with Crippen LogP contribution in [0, 0.1) is 11.6 Å². The second-order valence-corrected chi connectivity index (χ2v) is 7.94. The fraction of sp³-hybridized carbons (Fsp3) is 0.391. The second kappa shape index (κ2) is 8.42. The molecular weight excluding hydrogens is 390 g/mol. The first kappa shape index (κ1) is 20.3. The number of carbonyl (C=O) groups is 2. The van der Waals surface area contributed by atoms with Gasteiger partial charge in [-0.05, 0) is 54.8 Å². The molecule has 5 nitrogen and oxygen atoms in total. The summed E-state index contributed by atoms with van der Waals surface area (Å²) in [4.78, 5) is 27.0. The van der Waals surface area contributed by atoms with Gasteiger partial charge in [-0.2, -0.15) is 0 Å². The number of rotatable bonds is 6. The monoisotopic (exact) mass is 414 g/mol. The minimum Gasteiger partial charge on any atom is -0.478 e. The number of benzene rings is 2. The van der Waals surface area contributed by atoms with Crippen LogP contribution in [0.4, 0.5) is 8.78 Å². The Morgan fingerprint density at radius 3 is 2.23 bits per heavy atom. The fourth-order valence-corrected chi connectivity index (χ4v) is 4.41. The first-order chi connectivity index (χ1) is 14.5. The van der Waals surface area contributed by atoms with Crippen molar-refractivity contribution < 1.29 is 23.1 Å². The van der Waals surface area contributed by atoms with Gasteiger partial charge < -0.3 is 15.0 Å². The molecule has 1 heterocycles. The predicted molar refractivity (Wildman–Crippen MR) is 107 cm³/mol. The third-order valence-electron chi connectivity index (χ3n) is 6.01. The number of nitrogens with zero attached hydrogens (tertiary/aromatic N) is 1. The quantitative estimate of drug-likeness (QED) is 0.736. The largest absolute Gasteiger partial charge is 0.478 e. The maximum Gasteiger partial charge on any atom is 0.267 e. The summed E-state index contributed by atoms with van der Waals surface area (Å²) < 4.78 is 32.1. The van der Waals surface area contributed by atoms with Crippen LogP contribution >= 0.6 is 0 Å². The van der Waals surface area contributed by atoms with E-state index in [-0.39, 0.29) is 36.5 Å². The van der Waals surface area contributed by atoms with Crippen molar-refractivity contribution >= 4 is 11.8 Å². The fourth-order valence-electron chi connectivity index (χ4n) is 4.41. The lowest BCUT2D eigenvalue weighted by atomic mass is 9.70. The highest BCUT2D eigenvalue weighted by Gasteiger charge is 2.62. The summed E-state index contributed by atoms with van der Waals surface area (Å²) in [5.41, 5.74) is 0.279. The topological polar surface area (TPSA) is 58.6 Å². The molecule has 30 heavy (non-hydrogen) atoms. The van der Waals surface area contributed by atoms with E-state index in [1.54, 1.807) is 17.0 Å². The Morgan fingerprint density at radius 2 is 1.60 bits per heavy atom. The number of hydrogen-bond acceptors (Lipinski definition) is 3. The van der Waals surface area contributed by atoms with Gasteiger partial charge in [-0.1, -0.05) is 31.4 Å². The lowest BCUT2D eigenvalue weighted by Gasteiger charge is -2.58. The van der Waals surface area contributed by atoms with Crippen molar-refractivity contribution in [2.45, 2.75) is 50.3 Å². The van der Waals surface area contributed by atoms with E-state index in [4.69, 9.17) is 4.74 Å². The van der Waals surface area contributed by atoms with E-state index >= 15 is 0 Å². The minimum atomic E-state index is -0.659. The first-order valence-electron chi connectivity index (χ1n) is 10.2. The lowest BCUT2D eigenvalue weighted by Crippen LogP contribution is -2.77. The molecule has 0 aromatic heterocycles. The zero-order valence-electron chi connectivity index (χ0n) is 16.6. The van der Waals surface area contributed by atoms with Crippen LogP contribution in [-0.2, 0) is 16.1 Å². The summed E-state index contributed by atoms with van der Waals surface area (Å²) in [6.07, 6.45) is 3.90. The molecule has 7 heteroatoms. The summed E-state index contributed by atoms with van der Waals surface area (Å²) in [6, 6.07) is 11.5. The standard InChI is InChI=1S/C23H24F2N2O3/c24-17-6-4-16(5-7-17)14-26-20(28)15-27-22(29)21(23(27)12-2-1-3-13-23)30-19-10-8-18(25)9-11-19/h4-11,21H,1-3,12-15H2,(H,26,28). The zero-order valence-corrected chi connectivity index (χ0v) is 16.6. The summed E-state index contributed by atoms with van der Waals surface area (Å²) >= 11 is 0. The van der Waals surface area contributed by atoms with Crippen molar-refractivity contribution in [1.29, 1.82) is 0 Å². The highest BCUT2D eigenvalue weighted by atomic mass is 19.1. The third kappa shape index (κ3) is 4.01. The molecule has 1 saturated carbocycles. The highest BCUT2D eigenvalue weighted by Crippen LogP contribution is 2.45. The number of β-lactam (4-membered cyclic amide) rings is 1. The molecule has 158 valence electrons. The minimum absolute atomic E-state index is 0.0384. The maximum absolute atomic E-state index is 13.2. The zero-order chi connectivity index (χ0) is 21.1. The molecular formula is C23H24F2N2O3. The predicted octanol–water partition coefficient (Wildman–Crippen LogP) is 3.57. The van der Waals surface area contributed by atoms with Gasteiger partial charge in [0.05, 0.1) is 5.54 Å². The number of nitrogens with one attached hydrogen (secondary N) is 1. The van der Waals surface area contributed by atoms with Crippen LogP contribution in [0.1, 0.15) is 37.7 Å². The van der Waals surface area contributed by atoms with E-state index in [9.17, 15) is 18.4 Å². The Bertz CT molecular complexity index is 909. The molecule has 2 amide bonds. The Labute approximate surface area is 174 Å². The summed E-state index contributed by atoms with van der Waals surface area (Å²) in [5, 5.41) is 2.79. The molecule has 1 spiro atoms. The maximum atomic E-state index is 13.2. The molecule has 2 aromatic carbocycles. The molecule has 0 bridgehead atoms. The molecule has 1 unspecified atom stereocenters. The van der Waals surface area contributed by atoms with Crippen molar-refractivity contribution in [1.82, 2.24) is 10.2 Å². The van der Waals surface area contributed by atoms with E-state index in [1.165, 1.54) is 36.4 Å². The van der Waals surface area contributed by atoms with Crippen LogP contribution in [0.3, 0.4) is 0 Å².